The number of hydrogen-bond acceptors (Lipinski definition) is 9. The number of Topliss-reactive ketones (excluding diaryl/α,β-unsaturated/α-hetero) is 1. The van der Waals surface area contributed by atoms with E-state index in [4.69, 9.17) is 4.42 Å². The average Bonchev–Trinajstić information content (AvgIpc) is 3.36. The molecule has 42 heavy (non-hydrogen) atoms. The molecule has 0 spiro atoms. The summed E-state index contributed by atoms with van der Waals surface area (Å²) in [6.07, 6.45) is -1.64. The van der Waals surface area contributed by atoms with E-state index in [1.807, 2.05) is 32.8 Å². The number of ether oxygens (including phenoxy) is 1. The summed E-state index contributed by atoms with van der Waals surface area (Å²) in [7, 11) is 3.88. The first kappa shape index (κ1) is 35.4. The Bertz CT molecular complexity index is 1190. The van der Waals surface area contributed by atoms with E-state index in [1.165, 1.54) is 23.9 Å². The highest BCUT2D eigenvalue weighted by atomic mass is 35.5. The van der Waals surface area contributed by atoms with Crippen LogP contribution in [-0.4, -0.2) is 77.0 Å². The van der Waals surface area contributed by atoms with Gasteiger partial charge < -0.3 is 24.7 Å². The molecule has 1 heterocycles. The fourth-order valence-corrected chi connectivity index (χ4v) is 5.36. The maximum Gasteiger partial charge on any atom is 0.573 e. The number of carbonyl (C=O) groups is 3. The minimum Gasteiger partial charge on any atom is -0.408 e. The Morgan fingerprint density at radius 3 is 2.31 bits per heavy atom. The van der Waals surface area contributed by atoms with Crippen molar-refractivity contribution in [2.24, 2.45) is 5.92 Å². The predicted molar refractivity (Wildman–Crippen MR) is 153 cm³/mol. The van der Waals surface area contributed by atoms with Gasteiger partial charge >= 0.3 is 6.36 Å². The third-order valence-electron chi connectivity index (χ3n) is 6.55. The molecule has 2 aromatic rings. The molecular weight excluding hydrogens is 599 g/mol. The van der Waals surface area contributed by atoms with E-state index in [2.05, 4.69) is 25.6 Å². The van der Waals surface area contributed by atoms with E-state index in [0.29, 0.717) is 37.9 Å². The first-order chi connectivity index (χ1) is 19.3. The monoisotopic (exact) mass is 635 g/mol. The Hall–Kier alpha value is -2.84. The molecule has 2 amide bonds. The summed E-state index contributed by atoms with van der Waals surface area (Å²) in [5.41, 5.74) is -1.23. The molecule has 1 aliphatic rings. The van der Waals surface area contributed by atoms with E-state index >= 15 is 0 Å². The van der Waals surface area contributed by atoms with Crippen molar-refractivity contribution >= 4 is 41.8 Å². The second-order valence-corrected chi connectivity index (χ2v) is 11.8. The van der Waals surface area contributed by atoms with E-state index in [0.717, 1.165) is 25.1 Å². The number of thioether (sulfide) groups is 1. The zero-order chi connectivity index (χ0) is 30.2. The van der Waals surface area contributed by atoms with Gasteiger partial charge in [-0.2, -0.15) is 0 Å². The number of nitrogens with zero attached hydrogens (tertiary/aromatic N) is 3. The van der Waals surface area contributed by atoms with Gasteiger partial charge in [0.25, 0.3) is 17.0 Å². The van der Waals surface area contributed by atoms with Crippen molar-refractivity contribution in [1.29, 1.82) is 0 Å². The molecule has 1 unspecified atom stereocenters. The number of benzene rings is 1. The van der Waals surface area contributed by atoms with Crippen molar-refractivity contribution in [1.82, 2.24) is 25.7 Å². The first-order valence-corrected chi connectivity index (χ1v) is 14.4. The van der Waals surface area contributed by atoms with Crippen molar-refractivity contribution in [2.45, 2.75) is 75.5 Å². The molecule has 1 aromatic heterocycles. The molecule has 1 fully saturated rings. The van der Waals surface area contributed by atoms with Crippen LogP contribution < -0.4 is 15.4 Å². The van der Waals surface area contributed by atoms with Gasteiger partial charge in [-0.05, 0) is 63.5 Å². The molecule has 234 valence electrons. The lowest BCUT2D eigenvalue weighted by Crippen LogP contribution is -2.62. The van der Waals surface area contributed by atoms with Gasteiger partial charge in [0.05, 0.1) is 6.04 Å². The van der Waals surface area contributed by atoms with Crippen LogP contribution in [0.2, 0.25) is 0 Å². The average molecular weight is 636 g/mol. The minimum absolute atomic E-state index is 0. The fraction of sp³-hybridized carbons (Fsp3) is 0.593. The number of hydrogen-bond donors (Lipinski definition) is 2. The van der Waals surface area contributed by atoms with Gasteiger partial charge in [0, 0.05) is 17.9 Å². The molecule has 0 saturated heterocycles. The van der Waals surface area contributed by atoms with Crippen molar-refractivity contribution in [3.05, 3.63) is 35.7 Å². The Balaban J connectivity index is 0.00000616. The third kappa shape index (κ3) is 10.5. The number of amides is 2. The molecule has 2 N–H and O–H groups in total. The molecule has 1 aromatic carbocycles. The molecule has 1 aliphatic carbocycles. The van der Waals surface area contributed by atoms with Gasteiger partial charge in [0.1, 0.15) is 11.3 Å². The lowest BCUT2D eigenvalue weighted by atomic mass is 9.80. The third-order valence-corrected chi connectivity index (χ3v) is 7.35. The van der Waals surface area contributed by atoms with Gasteiger partial charge in [0.2, 0.25) is 11.7 Å². The van der Waals surface area contributed by atoms with Crippen LogP contribution in [0, 0.1) is 5.92 Å². The topological polar surface area (TPSA) is 127 Å². The van der Waals surface area contributed by atoms with Crippen LogP contribution in [0.5, 0.6) is 5.75 Å². The number of aromatic nitrogens is 2. The summed E-state index contributed by atoms with van der Waals surface area (Å²) in [4.78, 5) is 42.2. The number of rotatable bonds is 13. The Morgan fingerprint density at radius 1 is 1.10 bits per heavy atom. The summed E-state index contributed by atoms with van der Waals surface area (Å²) in [6, 6.07) is 3.49. The molecule has 1 atom stereocenters. The smallest absolute Gasteiger partial charge is 0.408 e. The predicted octanol–water partition coefficient (Wildman–Crippen LogP) is 4.89. The van der Waals surface area contributed by atoms with Gasteiger partial charge in [0.15, 0.2) is 0 Å². The summed E-state index contributed by atoms with van der Waals surface area (Å²) in [5, 5.41) is 13.7. The molecule has 0 aliphatic heterocycles. The van der Waals surface area contributed by atoms with Gasteiger partial charge in [-0.3, -0.25) is 14.4 Å². The second-order valence-electron chi connectivity index (χ2n) is 10.7. The van der Waals surface area contributed by atoms with Crippen molar-refractivity contribution in [3.8, 4) is 5.75 Å². The standard InChI is InChI=1S/C27H36F3N5O5S.ClH/c1-17(2)16-20(21(36)23-33-34-25(39-23)41-15-14-35(3)4)31-24(38)26(12-6-5-7-13-26)32-22(37)18-8-10-19(11-9-18)40-27(28,29)30;/h8-11,17,20H,5-7,12-16H2,1-4H3,(H,31,38)(H,32,37);1H. The zero-order valence-corrected chi connectivity index (χ0v) is 25.6. The van der Waals surface area contributed by atoms with Crippen LogP contribution in [0.1, 0.15) is 73.4 Å². The number of alkyl halides is 3. The summed E-state index contributed by atoms with van der Waals surface area (Å²) in [6.45, 7) is 4.60. The lowest BCUT2D eigenvalue weighted by Gasteiger charge is -2.37. The summed E-state index contributed by atoms with van der Waals surface area (Å²) in [5.74, 6) is -1.59. The van der Waals surface area contributed by atoms with Crippen LogP contribution >= 0.6 is 24.2 Å². The van der Waals surface area contributed by atoms with Gasteiger partial charge in [-0.1, -0.05) is 44.9 Å². The largest absolute Gasteiger partial charge is 0.573 e. The normalized spacial score (nSPS) is 15.5. The first-order valence-electron chi connectivity index (χ1n) is 13.4. The number of nitrogens with one attached hydrogen (secondary N) is 2. The summed E-state index contributed by atoms with van der Waals surface area (Å²) < 4.78 is 46.9. The molecule has 3 rings (SSSR count). The highest BCUT2D eigenvalue weighted by Crippen LogP contribution is 2.30. The molecule has 0 radical (unpaired) electrons. The summed E-state index contributed by atoms with van der Waals surface area (Å²) >= 11 is 1.32. The molecular formula is C27H37ClF3N5O5S. The van der Waals surface area contributed by atoms with E-state index in [9.17, 15) is 27.6 Å². The van der Waals surface area contributed by atoms with Crippen LogP contribution in [-0.2, 0) is 4.79 Å². The van der Waals surface area contributed by atoms with E-state index < -0.39 is 41.3 Å². The Morgan fingerprint density at radius 2 is 1.74 bits per heavy atom. The van der Waals surface area contributed by atoms with E-state index in [-0.39, 0.29) is 35.0 Å². The number of halogens is 4. The molecule has 0 bridgehead atoms. The zero-order valence-electron chi connectivity index (χ0n) is 24.0. The van der Waals surface area contributed by atoms with Crippen LogP contribution in [0.15, 0.2) is 33.9 Å². The highest BCUT2D eigenvalue weighted by Gasteiger charge is 2.43. The quantitative estimate of drug-likeness (QED) is 0.234. The van der Waals surface area contributed by atoms with Crippen LogP contribution in [0.4, 0.5) is 13.2 Å². The number of ketones is 1. The number of carbonyl (C=O) groups excluding carboxylic acids is 3. The van der Waals surface area contributed by atoms with E-state index in [1.54, 1.807) is 0 Å². The minimum atomic E-state index is -4.86. The lowest BCUT2D eigenvalue weighted by molar-refractivity contribution is -0.274. The van der Waals surface area contributed by atoms with Crippen molar-refractivity contribution in [3.63, 3.8) is 0 Å². The van der Waals surface area contributed by atoms with Crippen LogP contribution in [0.25, 0.3) is 0 Å². The molecule has 15 heteroatoms. The maximum absolute atomic E-state index is 13.7. The van der Waals surface area contributed by atoms with Crippen molar-refractivity contribution in [2.75, 3.05) is 26.4 Å². The maximum atomic E-state index is 13.7. The van der Waals surface area contributed by atoms with Gasteiger partial charge in [-0.25, -0.2) is 0 Å². The molecule has 10 nitrogen and oxygen atoms in total. The van der Waals surface area contributed by atoms with Crippen LogP contribution in [0.3, 0.4) is 0 Å². The second kappa shape index (κ2) is 15.6. The fourth-order valence-electron chi connectivity index (χ4n) is 4.49. The SMILES string of the molecule is CC(C)CC(NC(=O)C1(NC(=O)c2ccc(OC(F)(F)F)cc2)CCCCC1)C(=O)c1nnc(SCCN(C)C)o1.Cl. The van der Waals surface area contributed by atoms with Crippen molar-refractivity contribution < 1.29 is 36.7 Å². The highest BCUT2D eigenvalue weighted by molar-refractivity contribution is 7.99. The van der Waals surface area contributed by atoms with Gasteiger partial charge in [-0.15, -0.1) is 35.8 Å². The molecule has 1 saturated carbocycles. The Kier molecular flexibility index (Phi) is 13.1. The Labute approximate surface area is 253 Å².